The molecule has 3 amide bonds. The monoisotopic (exact) mass is 402 g/mol. The molecule has 0 aliphatic heterocycles. The number of likely N-dealkylation sites (N-methyl/N-ethyl adjacent to an activating group) is 1. The molecule has 0 aromatic heterocycles. The fourth-order valence-electron chi connectivity index (χ4n) is 3.00. The standard InChI is InChI=1S/C22H34N4O3/c1-6-11-16(3)21(23-5)22(29)26(24-19(27)12-7-2)25-20(28)15-17(4)18-13-9-8-10-14-18/h8-10,13-14,17,23H,6-7,11-12,15H2,1-5H3,(H,24,27)(H,25,28). The average molecular weight is 403 g/mol. The summed E-state index contributed by atoms with van der Waals surface area (Å²) in [6, 6.07) is 9.68. The summed E-state index contributed by atoms with van der Waals surface area (Å²) in [4.78, 5) is 37.7. The number of nitrogens with one attached hydrogen (secondary N) is 3. The zero-order chi connectivity index (χ0) is 21.8. The van der Waals surface area contributed by atoms with Crippen LogP contribution in [0.25, 0.3) is 0 Å². The first kappa shape index (κ1) is 24.2. The van der Waals surface area contributed by atoms with Crippen molar-refractivity contribution in [1.82, 2.24) is 21.3 Å². The summed E-state index contributed by atoms with van der Waals surface area (Å²) >= 11 is 0. The Morgan fingerprint density at radius 3 is 2.10 bits per heavy atom. The summed E-state index contributed by atoms with van der Waals surface area (Å²) in [5, 5.41) is 3.80. The number of carbonyl (C=O) groups excluding carboxylic acids is 3. The number of nitrogens with zero attached hydrogens (tertiary/aromatic N) is 1. The second kappa shape index (κ2) is 12.6. The number of benzene rings is 1. The zero-order valence-electron chi connectivity index (χ0n) is 18.2. The van der Waals surface area contributed by atoms with Gasteiger partial charge < -0.3 is 5.32 Å². The third-order valence-electron chi connectivity index (χ3n) is 4.53. The molecule has 1 rings (SSSR count). The maximum absolute atomic E-state index is 13.0. The van der Waals surface area contributed by atoms with E-state index >= 15 is 0 Å². The molecule has 0 radical (unpaired) electrons. The molecular weight excluding hydrogens is 368 g/mol. The van der Waals surface area contributed by atoms with E-state index in [4.69, 9.17) is 0 Å². The maximum Gasteiger partial charge on any atom is 0.307 e. The summed E-state index contributed by atoms with van der Waals surface area (Å²) < 4.78 is 0. The largest absolute Gasteiger partial charge is 0.384 e. The third-order valence-corrected chi connectivity index (χ3v) is 4.53. The Kier molecular flexibility index (Phi) is 10.5. The van der Waals surface area contributed by atoms with E-state index in [-0.39, 0.29) is 30.6 Å². The van der Waals surface area contributed by atoms with Gasteiger partial charge in [0.05, 0.1) is 0 Å². The lowest BCUT2D eigenvalue weighted by Gasteiger charge is -2.26. The molecule has 1 unspecified atom stereocenters. The van der Waals surface area contributed by atoms with Gasteiger partial charge in [-0.3, -0.25) is 14.4 Å². The van der Waals surface area contributed by atoms with E-state index < -0.39 is 5.91 Å². The van der Waals surface area contributed by atoms with Crippen molar-refractivity contribution < 1.29 is 14.4 Å². The molecule has 160 valence electrons. The van der Waals surface area contributed by atoms with E-state index in [0.29, 0.717) is 12.1 Å². The highest BCUT2D eigenvalue weighted by molar-refractivity contribution is 5.96. The molecule has 3 N–H and O–H groups in total. The molecule has 7 nitrogen and oxygen atoms in total. The zero-order valence-corrected chi connectivity index (χ0v) is 18.2. The first-order valence-corrected chi connectivity index (χ1v) is 10.2. The predicted octanol–water partition coefficient (Wildman–Crippen LogP) is 3.16. The molecular formula is C22H34N4O3. The Hall–Kier alpha value is -2.83. The van der Waals surface area contributed by atoms with Gasteiger partial charge in [0.15, 0.2) is 0 Å². The van der Waals surface area contributed by atoms with E-state index in [1.54, 1.807) is 7.05 Å². The molecule has 29 heavy (non-hydrogen) atoms. The smallest absolute Gasteiger partial charge is 0.307 e. The molecule has 0 fully saturated rings. The van der Waals surface area contributed by atoms with E-state index in [9.17, 15) is 14.4 Å². The van der Waals surface area contributed by atoms with Crippen LogP contribution in [0.3, 0.4) is 0 Å². The van der Waals surface area contributed by atoms with Gasteiger partial charge >= 0.3 is 5.91 Å². The van der Waals surface area contributed by atoms with Crippen LogP contribution >= 0.6 is 0 Å². The highest BCUT2D eigenvalue weighted by Crippen LogP contribution is 2.18. The molecule has 0 saturated carbocycles. The van der Waals surface area contributed by atoms with Gasteiger partial charge in [0.25, 0.3) is 0 Å². The molecule has 0 spiro atoms. The second-order valence-electron chi connectivity index (χ2n) is 7.13. The lowest BCUT2D eigenvalue weighted by Crippen LogP contribution is -2.57. The molecule has 1 aromatic carbocycles. The summed E-state index contributed by atoms with van der Waals surface area (Å²) in [6.45, 7) is 7.70. The van der Waals surface area contributed by atoms with Crippen molar-refractivity contribution in [2.24, 2.45) is 0 Å². The minimum Gasteiger partial charge on any atom is -0.384 e. The van der Waals surface area contributed by atoms with Crippen LogP contribution in [0.5, 0.6) is 0 Å². The fourth-order valence-corrected chi connectivity index (χ4v) is 3.00. The summed E-state index contributed by atoms with van der Waals surface area (Å²) in [5.41, 5.74) is 7.33. The SMILES string of the molecule is CCCC(=O)NN(NC(=O)CC(C)c1ccccc1)C(=O)C(NC)=C(C)CCC. The van der Waals surface area contributed by atoms with Crippen molar-refractivity contribution >= 4 is 17.7 Å². The molecule has 0 aliphatic carbocycles. The van der Waals surface area contributed by atoms with Gasteiger partial charge in [-0.1, -0.05) is 57.5 Å². The van der Waals surface area contributed by atoms with Crippen LogP contribution in [0, 0.1) is 0 Å². The summed E-state index contributed by atoms with van der Waals surface area (Å²) in [5.74, 6) is -1.21. The van der Waals surface area contributed by atoms with Gasteiger partial charge in [-0.05, 0) is 36.8 Å². The van der Waals surface area contributed by atoms with Gasteiger partial charge in [0.1, 0.15) is 5.70 Å². The fraction of sp³-hybridized carbons (Fsp3) is 0.500. The van der Waals surface area contributed by atoms with Crippen molar-refractivity contribution in [3.63, 3.8) is 0 Å². The van der Waals surface area contributed by atoms with E-state index in [1.165, 1.54) is 0 Å². The Labute approximate surface area is 173 Å². The van der Waals surface area contributed by atoms with Gasteiger partial charge in [-0.25, -0.2) is 10.9 Å². The first-order chi connectivity index (χ1) is 13.8. The van der Waals surface area contributed by atoms with Crippen LogP contribution in [0.4, 0.5) is 0 Å². The van der Waals surface area contributed by atoms with Crippen LogP contribution < -0.4 is 16.2 Å². The Morgan fingerprint density at radius 1 is 0.966 bits per heavy atom. The topological polar surface area (TPSA) is 90.5 Å². The Morgan fingerprint density at radius 2 is 1.55 bits per heavy atom. The van der Waals surface area contributed by atoms with Crippen molar-refractivity contribution in [3.05, 3.63) is 47.2 Å². The lowest BCUT2D eigenvalue weighted by molar-refractivity contribution is -0.148. The highest BCUT2D eigenvalue weighted by Gasteiger charge is 2.24. The maximum atomic E-state index is 13.0. The van der Waals surface area contributed by atoms with Crippen molar-refractivity contribution in [2.75, 3.05) is 7.05 Å². The molecule has 1 aromatic rings. The Balaban J connectivity index is 2.96. The minimum absolute atomic E-state index is 0.0272. The summed E-state index contributed by atoms with van der Waals surface area (Å²) in [7, 11) is 1.65. The number of allylic oxidation sites excluding steroid dienone is 1. The second-order valence-corrected chi connectivity index (χ2v) is 7.13. The molecule has 0 heterocycles. The van der Waals surface area contributed by atoms with Gasteiger partial charge in [0, 0.05) is 19.9 Å². The van der Waals surface area contributed by atoms with Crippen LogP contribution in [0.15, 0.2) is 41.6 Å². The van der Waals surface area contributed by atoms with E-state index in [2.05, 4.69) is 16.2 Å². The van der Waals surface area contributed by atoms with Gasteiger partial charge in [-0.2, -0.15) is 5.12 Å². The number of carbonyl (C=O) groups is 3. The summed E-state index contributed by atoms with van der Waals surface area (Å²) in [6.07, 6.45) is 2.69. The van der Waals surface area contributed by atoms with Crippen molar-refractivity contribution in [1.29, 1.82) is 0 Å². The molecule has 1 atom stereocenters. The number of rotatable bonds is 9. The molecule has 0 saturated heterocycles. The number of hydrogen-bond donors (Lipinski definition) is 3. The van der Waals surface area contributed by atoms with Crippen molar-refractivity contribution in [2.45, 2.75) is 65.7 Å². The van der Waals surface area contributed by atoms with E-state index in [0.717, 1.165) is 29.1 Å². The molecule has 0 bridgehead atoms. The minimum atomic E-state index is -0.497. The number of hydrazine groups is 2. The van der Waals surface area contributed by atoms with E-state index in [1.807, 2.05) is 58.0 Å². The number of amides is 3. The normalized spacial score (nSPS) is 12.4. The number of hydrogen-bond acceptors (Lipinski definition) is 4. The van der Waals surface area contributed by atoms with Crippen molar-refractivity contribution in [3.8, 4) is 0 Å². The quantitative estimate of drug-likeness (QED) is 0.437. The molecule has 7 heteroatoms. The van der Waals surface area contributed by atoms with Crippen LogP contribution in [0.1, 0.15) is 71.3 Å². The van der Waals surface area contributed by atoms with Crippen LogP contribution in [-0.4, -0.2) is 29.9 Å². The predicted molar refractivity (Wildman–Crippen MR) is 114 cm³/mol. The van der Waals surface area contributed by atoms with Gasteiger partial charge in [-0.15, -0.1) is 0 Å². The highest BCUT2D eigenvalue weighted by atomic mass is 16.2. The first-order valence-electron chi connectivity index (χ1n) is 10.2. The third kappa shape index (κ3) is 7.97. The van der Waals surface area contributed by atoms with Crippen LogP contribution in [-0.2, 0) is 14.4 Å². The van der Waals surface area contributed by atoms with Crippen LogP contribution in [0.2, 0.25) is 0 Å². The molecule has 0 aliphatic rings. The Bertz CT molecular complexity index is 716. The lowest BCUT2D eigenvalue weighted by atomic mass is 9.98. The average Bonchev–Trinajstić information content (AvgIpc) is 2.69. The van der Waals surface area contributed by atoms with Gasteiger partial charge in [0.2, 0.25) is 11.8 Å².